The lowest BCUT2D eigenvalue weighted by atomic mass is 10.00. The van der Waals surface area contributed by atoms with Crippen LogP contribution in [0.3, 0.4) is 0 Å². The van der Waals surface area contributed by atoms with Crippen LogP contribution in [0.4, 0.5) is 0 Å². The number of benzene rings is 3. The Bertz CT molecular complexity index is 1260. The van der Waals surface area contributed by atoms with Crippen LogP contribution in [0.2, 0.25) is 0 Å². The minimum Gasteiger partial charge on any atom is -0.493 e. The van der Waals surface area contributed by atoms with E-state index in [0.717, 1.165) is 39.5 Å². The van der Waals surface area contributed by atoms with Crippen molar-refractivity contribution in [1.29, 1.82) is 0 Å². The van der Waals surface area contributed by atoms with Crippen molar-refractivity contribution >= 4 is 5.97 Å². The number of oxazole rings is 1. The van der Waals surface area contributed by atoms with Gasteiger partial charge in [-0.2, -0.15) is 0 Å². The van der Waals surface area contributed by atoms with Gasteiger partial charge in [0, 0.05) is 12.0 Å². The Balaban J connectivity index is 1.39. The molecule has 0 fully saturated rings. The van der Waals surface area contributed by atoms with Crippen molar-refractivity contribution in [3.63, 3.8) is 0 Å². The summed E-state index contributed by atoms with van der Waals surface area (Å²) in [6.45, 7) is 5.84. The zero-order valence-corrected chi connectivity index (χ0v) is 19.4. The molecule has 0 radical (unpaired) electrons. The Labute approximate surface area is 198 Å². The number of aliphatic carboxylic acids is 1. The number of carbonyl (C=O) groups is 1. The van der Waals surface area contributed by atoms with E-state index in [9.17, 15) is 4.79 Å². The highest BCUT2D eigenvalue weighted by Gasteiger charge is 2.16. The number of carboxylic acid groups (broad SMARTS) is 1. The van der Waals surface area contributed by atoms with Gasteiger partial charge in [0.1, 0.15) is 17.3 Å². The van der Waals surface area contributed by atoms with Crippen molar-refractivity contribution in [2.45, 2.75) is 33.3 Å². The standard InChI is InChI=1S/C28H27NO5/c1-18-24(10-7-11-26(18)33-20(3)28(30)31)21-12-14-23(15-13-21)32-17-16-25-19(2)34-27(29-25)22-8-5-4-6-9-22/h4-15,20H,16-17H2,1-3H3,(H,30,31). The topological polar surface area (TPSA) is 81.8 Å². The summed E-state index contributed by atoms with van der Waals surface area (Å²) in [5, 5.41) is 9.12. The third kappa shape index (κ3) is 5.29. The van der Waals surface area contributed by atoms with Crippen LogP contribution in [0.1, 0.15) is 23.9 Å². The summed E-state index contributed by atoms with van der Waals surface area (Å²) >= 11 is 0. The van der Waals surface area contributed by atoms with Gasteiger partial charge in [0.25, 0.3) is 0 Å². The molecule has 1 unspecified atom stereocenters. The number of rotatable bonds is 9. The van der Waals surface area contributed by atoms with Gasteiger partial charge in [0.05, 0.1) is 12.3 Å². The van der Waals surface area contributed by atoms with E-state index in [1.165, 1.54) is 6.92 Å². The summed E-state index contributed by atoms with van der Waals surface area (Å²) in [7, 11) is 0. The molecule has 1 heterocycles. The monoisotopic (exact) mass is 457 g/mol. The molecule has 0 aliphatic heterocycles. The lowest BCUT2D eigenvalue weighted by Gasteiger charge is -2.15. The molecule has 1 N–H and O–H groups in total. The molecule has 0 saturated carbocycles. The van der Waals surface area contributed by atoms with Crippen LogP contribution in [-0.2, 0) is 11.2 Å². The van der Waals surface area contributed by atoms with Gasteiger partial charge in [-0.25, -0.2) is 9.78 Å². The van der Waals surface area contributed by atoms with Crippen molar-refractivity contribution in [3.05, 3.63) is 89.8 Å². The number of hydrogen-bond acceptors (Lipinski definition) is 5. The van der Waals surface area contributed by atoms with E-state index < -0.39 is 12.1 Å². The summed E-state index contributed by atoms with van der Waals surface area (Å²) in [5.41, 5.74) is 4.71. The van der Waals surface area contributed by atoms with Gasteiger partial charge < -0.3 is 19.0 Å². The maximum Gasteiger partial charge on any atom is 0.344 e. The number of ether oxygens (including phenoxy) is 2. The van der Waals surface area contributed by atoms with E-state index in [-0.39, 0.29) is 0 Å². The molecule has 6 nitrogen and oxygen atoms in total. The van der Waals surface area contributed by atoms with Gasteiger partial charge in [0.15, 0.2) is 6.10 Å². The van der Waals surface area contributed by atoms with Gasteiger partial charge in [0.2, 0.25) is 5.89 Å². The van der Waals surface area contributed by atoms with E-state index in [1.54, 1.807) is 6.07 Å². The van der Waals surface area contributed by atoms with Gasteiger partial charge in [-0.1, -0.05) is 42.5 Å². The van der Waals surface area contributed by atoms with E-state index in [2.05, 4.69) is 4.98 Å². The molecule has 4 aromatic rings. The predicted molar refractivity (Wildman–Crippen MR) is 130 cm³/mol. The highest BCUT2D eigenvalue weighted by molar-refractivity contribution is 5.73. The van der Waals surface area contributed by atoms with Gasteiger partial charge in [-0.15, -0.1) is 0 Å². The first-order valence-electron chi connectivity index (χ1n) is 11.2. The lowest BCUT2D eigenvalue weighted by molar-refractivity contribution is -0.144. The molecule has 3 aromatic carbocycles. The van der Waals surface area contributed by atoms with Crippen LogP contribution >= 0.6 is 0 Å². The molecule has 0 aliphatic rings. The van der Waals surface area contributed by atoms with Crippen LogP contribution in [-0.4, -0.2) is 28.8 Å². The lowest BCUT2D eigenvalue weighted by Crippen LogP contribution is -2.23. The molecule has 0 aliphatic carbocycles. The SMILES string of the molecule is Cc1oc(-c2ccccc2)nc1CCOc1ccc(-c2cccc(OC(C)C(=O)O)c2C)cc1. The summed E-state index contributed by atoms with van der Waals surface area (Å²) < 4.78 is 17.3. The summed E-state index contributed by atoms with van der Waals surface area (Å²) in [6.07, 6.45) is -0.272. The zero-order chi connectivity index (χ0) is 24.1. The minimum absolute atomic E-state index is 0.483. The van der Waals surface area contributed by atoms with Gasteiger partial charge in [-0.05, 0) is 67.8 Å². The molecule has 0 saturated heterocycles. The number of aromatic nitrogens is 1. The maximum atomic E-state index is 11.1. The minimum atomic E-state index is -0.997. The van der Waals surface area contributed by atoms with Crippen molar-refractivity contribution in [3.8, 4) is 34.1 Å². The number of carboxylic acids is 1. The highest BCUT2D eigenvalue weighted by Crippen LogP contribution is 2.31. The Morgan fingerprint density at radius 3 is 2.41 bits per heavy atom. The molecule has 0 amide bonds. The fourth-order valence-corrected chi connectivity index (χ4v) is 3.66. The first-order valence-corrected chi connectivity index (χ1v) is 11.2. The average molecular weight is 458 g/mol. The van der Waals surface area contributed by atoms with Crippen molar-refractivity contribution in [2.24, 2.45) is 0 Å². The van der Waals surface area contributed by atoms with E-state index in [1.807, 2.05) is 80.6 Å². The molecular weight excluding hydrogens is 430 g/mol. The smallest absolute Gasteiger partial charge is 0.344 e. The Morgan fingerprint density at radius 2 is 1.71 bits per heavy atom. The zero-order valence-electron chi connectivity index (χ0n) is 19.4. The quantitative estimate of drug-likeness (QED) is 0.327. The number of aryl methyl sites for hydroxylation is 1. The van der Waals surface area contributed by atoms with Crippen LogP contribution in [0.25, 0.3) is 22.6 Å². The second-order valence-electron chi connectivity index (χ2n) is 8.04. The highest BCUT2D eigenvalue weighted by atomic mass is 16.5. The second kappa shape index (κ2) is 10.3. The summed E-state index contributed by atoms with van der Waals surface area (Å²) in [4.78, 5) is 15.7. The predicted octanol–water partition coefficient (Wildman–Crippen LogP) is 6.10. The van der Waals surface area contributed by atoms with Crippen LogP contribution < -0.4 is 9.47 Å². The third-order valence-corrected chi connectivity index (χ3v) is 5.62. The molecular formula is C28H27NO5. The van der Waals surface area contributed by atoms with Gasteiger partial charge in [-0.3, -0.25) is 0 Å². The maximum absolute atomic E-state index is 11.1. The van der Waals surface area contributed by atoms with Crippen LogP contribution in [0, 0.1) is 13.8 Å². The van der Waals surface area contributed by atoms with Crippen LogP contribution in [0.15, 0.2) is 77.2 Å². The summed E-state index contributed by atoms with van der Waals surface area (Å²) in [5.74, 6) is 1.75. The van der Waals surface area contributed by atoms with Crippen molar-refractivity contribution in [2.75, 3.05) is 6.61 Å². The fraction of sp³-hybridized carbons (Fsp3) is 0.214. The van der Waals surface area contributed by atoms with Crippen molar-refractivity contribution in [1.82, 2.24) is 4.98 Å². The van der Waals surface area contributed by atoms with E-state index >= 15 is 0 Å². The molecule has 1 aromatic heterocycles. The number of nitrogens with zero attached hydrogens (tertiary/aromatic N) is 1. The van der Waals surface area contributed by atoms with E-state index in [0.29, 0.717) is 24.7 Å². The molecule has 0 bridgehead atoms. The Morgan fingerprint density at radius 1 is 0.971 bits per heavy atom. The van der Waals surface area contributed by atoms with Crippen molar-refractivity contribution < 1.29 is 23.8 Å². The molecule has 34 heavy (non-hydrogen) atoms. The Hall–Kier alpha value is -4.06. The third-order valence-electron chi connectivity index (χ3n) is 5.62. The van der Waals surface area contributed by atoms with Gasteiger partial charge >= 0.3 is 5.97 Å². The molecule has 1 atom stereocenters. The first kappa shape index (κ1) is 23.1. The molecule has 6 heteroatoms. The first-order chi connectivity index (χ1) is 16.4. The van der Waals surface area contributed by atoms with Crippen LogP contribution in [0.5, 0.6) is 11.5 Å². The average Bonchev–Trinajstić information content (AvgIpc) is 3.22. The second-order valence-corrected chi connectivity index (χ2v) is 8.04. The molecule has 174 valence electrons. The number of hydrogen-bond donors (Lipinski definition) is 1. The van der Waals surface area contributed by atoms with E-state index in [4.69, 9.17) is 19.0 Å². The molecule has 0 spiro atoms. The summed E-state index contributed by atoms with van der Waals surface area (Å²) in [6, 6.07) is 23.3. The fourth-order valence-electron chi connectivity index (χ4n) is 3.66. The Kier molecular flexibility index (Phi) is 6.97. The molecule has 4 rings (SSSR count). The normalized spacial score (nSPS) is 11.7. The largest absolute Gasteiger partial charge is 0.493 e.